The molecule has 2 fully saturated rings. The first-order chi connectivity index (χ1) is 15.4. The Hall–Kier alpha value is -2.28. The number of fused-ring (bicyclic) bond motifs is 1. The summed E-state index contributed by atoms with van der Waals surface area (Å²) < 4.78 is 2.10. The number of hydrogen-bond donors (Lipinski definition) is 0. The van der Waals surface area contributed by atoms with Crippen molar-refractivity contribution >= 4 is 11.7 Å². The highest BCUT2D eigenvalue weighted by Crippen LogP contribution is 2.36. The summed E-state index contributed by atoms with van der Waals surface area (Å²) in [6.45, 7) is 13.3. The Morgan fingerprint density at radius 2 is 1.84 bits per heavy atom. The van der Waals surface area contributed by atoms with E-state index in [4.69, 9.17) is 15.1 Å². The lowest BCUT2D eigenvalue weighted by Gasteiger charge is -2.34. The van der Waals surface area contributed by atoms with E-state index in [-0.39, 0.29) is 5.91 Å². The molecule has 0 spiro atoms. The molecule has 1 amide bonds. The fourth-order valence-electron chi connectivity index (χ4n) is 5.44. The first-order valence-electron chi connectivity index (χ1n) is 12.4. The van der Waals surface area contributed by atoms with Crippen molar-refractivity contribution in [2.24, 2.45) is 5.92 Å². The predicted molar refractivity (Wildman–Crippen MR) is 125 cm³/mol. The maximum atomic E-state index is 12.7. The average molecular weight is 437 g/mol. The standard InChI is InChI=1S/C25H36N6O/c1-5-31-18(4)22(17(3)28-31)15-29-12-6-7-20(14-29)24-26-16(2)21-10-11-23(32)30(25(21)27-24)13-19-8-9-19/h19-20H,5-15H2,1-4H3. The van der Waals surface area contributed by atoms with E-state index in [2.05, 4.69) is 37.3 Å². The average Bonchev–Trinajstić information content (AvgIpc) is 3.57. The van der Waals surface area contributed by atoms with Gasteiger partial charge in [0.1, 0.15) is 11.6 Å². The Morgan fingerprint density at radius 3 is 2.56 bits per heavy atom. The zero-order valence-corrected chi connectivity index (χ0v) is 20.0. The molecule has 4 heterocycles. The van der Waals surface area contributed by atoms with Crippen LogP contribution in [0, 0.1) is 26.7 Å². The lowest BCUT2D eigenvalue weighted by Crippen LogP contribution is -2.39. The minimum absolute atomic E-state index is 0.234. The van der Waals surface area contributed by atoms with Gasteiger partial charge in [-0.1, -0.05) is 0 Å². The molecule has 3 aliphatic rings. The third-order valence-electron chi connectivity index (χ3n) is 7.58. The number of rotatable bonds is 6. The first-order valence-corrected chi connectivity index (χ1v) is 12.4. The Kier molecular flexibility index (Phi) is 5.78. The largest absolute Gasteiger partial charge is 0.298 e. The van der Waals surface area contributed by atoms with Gasteiger partial charge in [-0.05, 0) is 72.3 Å². The molecule has 0 N–H and O–H groups in total. The highest BCUT2D eigenvalue weighted by Gasteiger charge is 2.34. The molecule has 32 heavy (non-hydrogen) atoms. The van der Waals surface area contributed by atoms with Crippen molar-refractivity contribution in [3.8, 4) is 0 Å². The summed E-state index contributed by atoms with van der Waals surface area (Å²) in [5.74, 6) is 3.04. The van der Waals surface area contributed by atoms with Gasteiger partial charge in [0.05, 0.1) is 5.69 Å². The normalized spacial score (nSPS) is 21.8. The second-order valence-electron chi connectivity index (χ2n) is 9.96. The molecule has 7 heteroatoms. The third-order valence-corrected chi connectivity index (χ3v) is 7.58. The Morgan fingerprint density at radius 1 is 1.03 bits per heavy atom. The summed E-state index contributed by atoms with van der Waals surface area (Å²) >= 11 is 0. The number of aromatic nitrogens is 4. The van der Waals surface area contributed by atoms with Crippen LogP contribution in [0.15, 0.2) is 0 Å². The molecule has 5 rings (SSSR count). The molecule has 172 valence electrons. The molecule has 1 saturated carbocycles. The van der Waals surface area contributed by atoms with Crippen LogP contribution in [0.25, 0.3) is 0 Å². The van der Waals surface area contributed by atoms with Crippen molar-refractivity contribution in [2.45, 2.75) is 85.2 Å². The van der Waals surface area contributed by atoms with Crippen LogP contribution < -0.4 is 4.90 Å². The zero-order valence-electron chi connectivity index (χ0n) is 20.0. The molecule has 2 aromatic heterocycles. The number of likely N-dealkylation sites (tertiary alicyclic amines) is 1. The highest BCUT2D eigenvalue weighted by atomic mass is 16.2. The van der Waals surface area contributed by atoms with Crippen LogP contribution in [0.1, 0.15) is 79.0 Å². The second kappa shape index (κ2) is 8.58. The van der Waals surface area contributed by atoms with Gasteiger partial charge in [-0.15, -0.1) is 0 Å². The molecule has 0 bridgehead atoms. The number of anilines is 1. The van der Waals surface area contributed by atoms with E-state index in [0.29, 0.717) is 18.3 Å². The van der Waals surface area contributed by atoms with Crippen LogP contribution in [0.3, 0.4) is 0 Å². The summed E-state index contributed by atoms with van der Waals surface area (Å²) in [5.41, 5.74) is 6.02. The Bertz CT molecular complexity index is 1020. The Balaban J connectivity index is 1.38. The van der Waals surface area contributed by atoms with Crippen molar-refractivity contribution in [1.29, 1.82) is 0 Å². The van der Waals surface area contributed by atoms with E-state index >= 15 is 0 Å². The topological polar surface area (TPSA) is 67.2 Å². The summed E-state index contributed by atoms with van der Waals surface area (Å²) in [6.07, 6.45) is 6.09. The van der Waals surface area contributed by atoms with Crippen molar-refractivity contribution in [3.63, 3.8) is 0 Å². The van der Waals surface area contributed by atoms with E-state index in [1.807, 2.05) is 4.90 Å². The van der Waals surface area contributed by atoms with Crippen molar-refractivity contribution < 1.29 is 4.79 Å². The van der Waals surface area contributed by atoms with Gasteiger partial charge in [0, 0.05) is 61.0 Å². The molecular weight excluding hydrogens is 400 g/mol. The van der Waals surface area contributed by atoms with Gasteiger partial charge >= 0.3 is 0 Å². The highest BCUT2D eigenvalue weighted by molar-refractivity contribution is 5.95. The molecule has 0 aromatic carbocycles. The number of aryl methyl sites for hydroxylation is 3. The number of carbonyl (C=O) groups is 1. The number of hydrogen-bond acceptors (Lipinski definition) is 5. The quantitative estimate of drug-likeness (QED) is 0.691. The van der Waals surface area contributed by atoms with Crippen molar-refractivity contribution in [3.05, 3.63) is 34.0 Å². The van der Waals surface area contributed by atoms with Gasteiger partial charge in [0.25, 0.3) is 0 Å². The van der Waals surface area contributed by atoms with Gasteiger partial charge in [0.2, 0.25) is 5.91 Å². The molecule has 2 aromatic rings. The predicted octanol–water partition coefficient (Wildman–Crippen LogP) is 3.69. The van der Waals surface area contributed by atoms with Gasteiger partial charge in [0.15, 0.2) is 0 Å². The van der Waals surface area contributed by atoms with E-state index < -0.39 is 0 Å². The maximum Gasteiger partial charge on any atom is 0.228 e. The summed E-state index contributed by atoms with van der Waals surface area (Å²) in [4.78, 5) is 27.2. The summed E-state index contributed by atoms with van der Waals surface area (Å²) in [7, 11) is 0. The van der Waals surface area contributed by atoms with Crippen molar-refractivity contribution in [2.75, 3.05) is 24.5 Å². The molecular formula is C25H36N6O. The minimum Gasteiger partial charge on any atom is -0.298 e. The summed E-state index contributed by atoms with van der Waals surface area (Å²) in [6, 6.07) is 0. The van der Waals surface area contributed by atoms with Crippen LogP contribution in [0.5, 0.6) is 0 Å². The van der Waals surface area contributed by atoms with E-state index in [1.54, 1.807) is 0 Å². The smallest absolute Gasteiger partial charge is 0.228 e. The van der Waals surface area contributed by atoms with Gasteiger partial charge in [-0.25, -0.2) is 9.97 Å². The molecule has 7 nitrogen and oxygen atoms in total. The number of nitrogens with zero attached hydrogens (tertiary/aromatic N) is 6. The van der Waals surface area contributed by atoms with Gasteiger partial charge < -0.3 is 0 Å². The zero-order chi connectivity index (χ0) is 22.4. The molecule has 1 aliphatic carbocycles. The SMILES string of the molecule is CCn1nc(C)c(CN2CCCC(c3nc(C)c4c(n3)N(CC3CC3)C(=O)CC4)C2)c1C. The van der Waals surface area contributed by atoms with E-state index in [1.165, 1.54) is 29.7 Å². The number of carbonyl (C=O) groups excluding carboxylic acids is 1. The van der Waals surface area contributed by atoms with Gasteiger partial charge in [-0.3, -0.25) is 19.3 Å². The lowest BCUT2D eigenvalue weighted by atomic mass is 9.95. The summed E-state index contributed by atoms with van der Waals surface area (Å²) in [5, 5.41) is 4.70. The Labute approximate surface area is 191 Å². The molecule has 0 radical (unpaired) electrons. The third kappa shape index (κ3) is 4.07. The monoisotopic (exact) mass is 436 g/mol. The molecule has 1 saturated heterocycles. The van der Waals surface area contributed by atoms with Crippen LogP contribution >= 0.6 is 0 Å². The lowest BCUT2D eigenvalue weighted by molar-refractivity contribution is -0.119. The number of piperidine rings is 1. The number of amides is 1. The molecule has 2 aliphatic heterocycles. The minimum atomic E-state index is 0.234. The fourth-order valence-corrected chi connectivity index (χ4v) is 5.44. The molecule has 1 unspecified atom stereocenters. The second-order valence-corrected chi connectivity index (χ2v) is 9.96. The van der Waals surface area contributed by atoms with E-state index in [0.717, 1.165) is 75.0 Å². The maximum absolute atomic E-state index is 12.7. The van der Waals surface area contributed by atoms with Crippen LogP contribution in [-0.2, 0) is 24.3 Å². The van der Waals surface area contributed by atoms with Crippen LogP contribution in [0.2, 0.25) is 0 Å². The van der Waals surface area contributed by atoms with Crippen LogP contribution in [0.4, 0.5) is 5.82 Å². The fraction of sp³-hybridized carbons (Fsp3) is 0.680. The van der Waals surface area contributed by atoms with Gasteiger partial charge in [-0.2, -0.15) is 5.10 Å². The molecule has 1 atom stereocenters. The van der Waals surface area contributed by atoms with Crippen LogP contribution in [-0.4, -0.2) is 50.2 Å². The van der Waals surface area contributed by atoms with E-state index in [9.17, 15) is 4.79 Å². The van der Waals surface area contributed by atoms with Crippen molar-refractivity contribution in [1.82, 2.24) is 24.6 Å². The first kappa shape index (κ1) is 21.6.